The Hall–Kier alpha value is -1.14. The van der Waals surface area contributed by atoms with Crippen molar-refractivity contribution in [2.45, 2.75) is 25.2 Å². The van der Waals surface area contributed by atoms with Crippen molar-refractivity contribution in [1.29, 1.82) is 0 Å². The van der Waals surface area contributed by atoms with Crippen LogP contribution in [0.5, 0.6) is 0 Å². The minimum absolute atomic E-state index is 0.248. The first kappa shape index (κ1) is 13.8. The molecule has 0 aromatic heterocycles. The minimum atomic E-state index is -4.67. The molecule has 1 aromatic carbocycles. The standard InChI is InChI=1S/C14H15F4NO/c15-12-2-1-8(3-11(12)14(16,17)18)5-19-6-9-4-13(20)10(9)7-19/h1-3,9-10,13,20H,4-7H2/t9-,10+,13-/m1/s1. The van der Waals surface area contributed by atoms with E-state index in [4.69, 9.17) is 0 Å². The maximum absolute atomic E-state index is 13.2. The monoisotopic (exact) mass is 289 g/mol. The number of rotatable bonds is 2. The van der Waals surface area contributed by atoms with Crippen LogP contribution in [0.2, 0.25) is 0 Å². The van der Waals surface area contributed by atoms with Gasteiger partial charge in [-0.05, 0) is 30.0 Å². The molecule has 0 amide bonds. The van der Waals surface area contributed by atoms with E-state index in [-0.39, 0.29) is 12.0 Å². The summed E-state index contributed by atoms with van der Waals surface area (Å²) < 4.78 is 51.1. The molecule has 1 aliphatic carbocycles. The van der Waals surface area contributed by atoms with Crippen LogP contribution in [0.4, 0.5) is 17.6 Å². The van der Waals surface area contributed by atoms with Crippen molar-refractivity contribution in [3.8, 4) is 0 Å². The molecule has 6 heteroatoms. The van der Waals surface area contributed by atoms with Gasteiger partial charge < -0.3 is 5.11 Å². The van der Waals surface area contributed by atoms with E-state index < -0.39 is 17.6 Å². The van der Waals surface area contributed by atoms with Crippen LogP contribution >= 0.6 is 0 Å². The summed E-state index contributed by atoms with van der Waals surface area (Å²) in [6, 6.07) is 3.14. The molecule has 0 unspecified atom stereocenters. The number of benzene rings is 1. The largest absolute Gasteiger partial charge is 0.419 e. The molecule has 1 aromatic rings. The first-order valence-electron chi connectivity index (χ1n) is 6.60. The van der Waals surface area contributed by atoms with Crippen molar-refractivity contribution in [2.75, 3.05) is 13.1 Å². The predicted octanol–water partition coefficient (Wildman–Crippen LogP) is 2.66. The van der Waals surface area contributed by atoms with Crippen molar-refractivity contribution in [3.63, 3.8) is 0 Å². The Labute approximate surface area is 114 Å². The molecular formula is C14H15F4NO. The van der Waals surface area contributed by atoms with Crippen molar-refractivity contribution >= 4 is 0 Å². The molecule has 1 aliphatic heterocycles. The van der Waals surface area contributed by atoms with Crippen molar-refractivity contribution < 1.29 is 22.7 Å². The summed E-state index contributed by atoms with van der Waals surface area (Å²) in [7, 11) is 0. The highest BCUT2D eigenvalue weighted by atomic mass is 19.4. The van der Waals surface area contributed by atoms with Gasteiger partial charge in [0.2, 0.25) is 0 Å². The average Bonchev–Trinajstić information content (AvgIpc) is 2.67. The summed E-state index contributed by atoms with van der Waals surface area (Å²) >= 11 is 0. The first-order chi connectivity index (χ1) is 9.34. The van der Waals surface area contributed by atoms with Gasteiger partial charge in [-0.1, -0.05) is 6.07 Å². The van der Waals surface area contributed by atoms with E-state index in [0.29, 0.717) is 24.6 Å². The molecule has 3 atom stereocenters. The number of halogens is 4. The molecule has 2 fully saturated rings. The Balaban J connectivity index is 1.72. The van der Waals surface area contributed by atoms with Crippen LogP contribution in [0.3, 0.4) is 0 Å². The zero-order chi connectivity index (χ0) is 14.5. The lowest BCUT2D eigenvalue weighted by molar-refractivity contribution is -0.140. The molecule has 3 rings (SSSR count). The predicted molar refractivity (Wildman–Crippen MR) is 64.3 cm³/mol. The van der Waals surface area contributed by atoms with Crippen molar-refractivity contribution in [2.24, 2.45) is 11.8 Å². The second-order valence-electron chi connectivity index (χ2n) is 5.73. The number of nitrogens with zero attached hydrogens (tertiary/aromatic N) is 1. The van der Waals surface area contributed by atoms with Gasteiger partial charge in [0.05, 0.1) is 11.7 Å². The Bertz CT molecular complexity index is 516. The second kappa shape index (κ2) is 4.70. The van der Waals surface area contributed by atoms with Gasteiger partial charge in [-0.25, -0.2) is 4.39 Å². The van der Waals surface area contributed by atoms with Crippen LogP contribution in [0.15, 0.2) is 18.2 Å². The summed E-state index contributed by atoms with van der Waals surface area (Å²) in [4.78, 5) is 2.03. The van der Waals surface area contributed by atoms with Crippen LogP contribution < -0.4 is 0 Å². The van der Waals surface area contributed by atoms with Gasteiger partial charge in [-0.3, -0.25) is 4.90 Å². The highest BCUT2D eigenvalue weighted by molar-refractivity contribution is 5.27. The third kappa shape index (κ3) is 2.42. The highest BCUT2D eigenvalue weighted by Crippen LogP contribution is 2.41. The van der Waals surface area contributed by atoms with Crippen LogP contribution in [0.1, 0.15) is 17.5 Å². The van der Waals surface area contributed by atoms with Gasteiger partial charge in [0, 0.05) is 25.6 Å². The third-order valence-electron chi connectivity index (χ3n) is 4.35. The SMILES string of the molecule is O[C@@H]1C[C@@H]2CN(Cc3ccc(F)c(C(F)(F)F)c3)C[C@@H]21. The summed E-state index contributed by atoms with van der Waals surface area (Å²) in [6.07, 6.45) is -4.16. The van der Waals surface area contributed by atoms with E-state index >= 15 is 0 Å². The molecule has 2 nitrogen and oxygen atoms in total. The molecule has 1 heterocycles. The lowest BCUT2D eigenvalue weighted by atomic mass is 9.74. The van der Waals surface area contributed by atoms with Crippen LogP contribution in [0, 0.1) is 17.7 Å². The number of likely N-dealkylation sites (tertiary alicyclic amines) is 1. The van der Waals surface area contributed by atoms with Gasteiger partial charge in [-0.15, -0.1) is 0 Å². The molecule has 1 saturated heterocycles. The summed E-state index contributed by atoms with van der Waals surface area (Å²) in [6.45, 7) is 1.86. The topological polar surface area (TPSA) is 23.5 Å². The summed E-state index contributed by atoms with van der Waals surface area (Å²) in [5.41, 5.74) is -0.758. The van der Waals surface area contributed by atoms with Gasteiger partial charge in [-0.2, -0.15) is 13.2 Å². The zero-order valence-electron chi connectivity index (χ0n) is 10.7. The molecule has 1 saturated carbocycles. The average molecular weight is 289 g/mol. The Morgan fingerprint density at radius 1 is 1.25 bits per heavy atom. The zero-order valence-corrected chi connectivity index (χ0v) is 10.7. The quantitative estimate of drug-likeness (QED) is 0.846. The minimum Gasteiger partial charge on any atom is -0.393 e. The maximum atomic E-state index is 13.2. The lowest BCUT2D eigenvalue weighted by Gasteiger charge is -2.35. The fraction of sp³-hybridized carbons (Fsp3) is 0.571. The Morgan fingerprint density at radius 3 is 2.60 bits per heavy atom. The number of alkyl halides is 3. The fourth-order valence-corrected chi connectivity index (χ4v) is 3.24. The molecule has 0 bridgehead atoms. The van der Waals surface area contributed by atoms with Crippen molar-refractivity contribution in [3.05, 3.63) is 35.1 Å². The number of aliphatic hydroxyl groups is 1. The van der Waals surface area contributed by atoms with E-state index in [1.807, 2.05) is 4.90 Å². The fourth-order valence-electron chi connectivity index (χ4n) is 3.24. The Kier molecular flexibility index (Phi) is 3.25. The number of aliphatic hydroxyl groups excluding tert-OH is 1. The maximum Gasteiger partial charge on any atom is 0.419 e. The Morgan fingerprint density at radius 2 is 2.00 bits per heavy atom. The lowest BCUT2D eigenvalue weighted by Crippen LogP contribution is -2.39. The summed E-state index contributed by atoms with van der Waals surface area (Å²) in [5.74, 6) is -0.539. The van der Waals surface area contributed by atoms with Crippen molar-refractivity contribution in [1.82, 2.24) is 4.90 Å². The van der Waals surface area contributed by atoms with Gasteiger partial charge in [0.1, 0.15) is 5.82 Å². The third-order valence-corrected chi connectivity index (χ3v) is 4.35. The van der Waals surface area contributed by atoms with Gasteiger partial charge >= 0.3 is 6.18 Å². The molecule has 110 valence electrons. The normalized spacial score (nSPS) is 30.1. The smallest absolute Gasteiger partial charge is 0.393 e. The number of hydrogen-bond donors (Lipinski definition) is 1. The molecular weight excluding hydrogens is 274 g/mol. The number of fused-ring (bicyclic) bond motifs is 1. The molecule has 0 spiro atoms. The van der Waals surface area contributed by atoms with Gasteiger partial charge in [0.15, 0.2) is 0 Å². The molecule has 0 radical (unpaired) electrons. The van der Waals surface area contributed by atoms with E-state index in [0.717, 1.165) is 25.1 Å². The summed E-state index contributed by atoms with van der Waals surface area (Å²) in [5, 5.41) is 9.56. The first-order valence-corrected chi connectivity index (χ1v) is 6.60. The van der Waals surface area contributed by atoms with E-state index in [1.54, 1.807) is 0 Å². The van der Waals surface area contributed by atoms with E-state index in [1.165, 1.54) is 6.07 Å². The molecule has 2 aliphatic rings. The highest BCUT2D eigenvalue weighted by Gasteiger charge is 2.46. The second-order valence-corrected chi connectivity index (χ2v) is 5.73. The number of hydrogen-bond acceptors (Lipinski definition) is 2. The van der Waals surface area contributed by atoms with Crippen LogP contribution in [-0.2, 0) is 12.7 Å². The van der Waals surface area contributed by atoms with E-state index in [2.05, 4.69) is 0 Å². The molecule has 1 N–H and O–H groups in total. The van der Waals surface area contributed by atoms with Gasteiger partial charge in [0.25, 0.3) is 0 Å². The van der Waals surface area contributed by atoms with E-state index in [9.17, 15) is 22.7 Å². The molecule has 20 heavy (non-hydrogen) atoms. The van der Waals surface area contributed by atoms with Crippen LogP contribution in [0.25, 0.3) is 0 Å². The van der Waals surface area contributed by atoms with Crippen LogP contribution in [-0.4, -0.2) is 29.2 Å².